The number of imidazole rings is 2. The van der Waals surface area contributed by atoms with Crippen molar-refractivity contribution in [2.24, 2.45) is 5.92 Å². The summed E-state index contributed by atoms with van der Waals surface area (Å²) in [6, 6.07) is 7.26. The number of aromatic amines is 1. The molecule has 0 aliphatic carbocycles. The van der Waals surface area contributed by atoms with Crippen LogP contribution in [0.15, 0.2) is 35.3 Å². The summed E-state index contributed by atoms with van der Waals surface area (Å²) in [5.74, 6) is -1.56. The first-order chi connectivity index (χ1) is 13.3. The zero-order chi connectivity index (χ0) is 19.9. The molecule has 2 N–H and O–H groups in total. The van der Waals surface area contributed by atoms with Crippen molar-refractivity contribution >= 4 is 16.9 Å². The fourth-order valence-electron chi connectivity index (χ4n) is 3.68. The Morgan fingerprint density at radius 3 is 2.89 bits per heavy atom. The van der Waals surface area contributed by atoms with E-state index in [2.05, 4.69) is 15.3 Å². The third-order valence-corrected chi connectivity index (χ3v) is 5.04. The van der Waals surface area contributed by atoms with Crippen LogP contribution in [0.5, 0.6) is 0 Å². The van der Waals surface area contributed by atoms with Crippen LogP contribution >= 0.6 is 0 Å². The predicted molar refractivity (Wildman–Crippen MR) is 94.6 cm³/mol. The molecule has 10 heteroatoms. The first-order valence-corrected chi connectivity index (χ1v) is 8.91. The fourth-order valence-corrected chi connectivity index (χ4v) is 3.68. The minimum absolute atomic E-state index is 0.101. The molecule has 28 heavy (non-hydrogen) atoms. The van der Waals surface area contributed by atoms with E-state index in [1.807, 2.05) is 18.2 Å². The summed E-state index contributed by atoms with van der Waals surface area (Å²) in [4.78, 5) is 30.7. The van der Waals surface area contributed by atoms with Crippen LogP contribution in [0.3, 0.4) is 0 Å². The van der Waals surface area contributed by atoms with Gasteiger partial charge < -0.3 is 14.9 Å². The number of nitrogens with zero attached hydrogens (tertiary/aromatic N) is 3. The summed E-state index contributed by atoms with van der Waals surface area (Å²) in [7, 11) is 0. The van der Waals surface area contributed by atoms with E-state index in [-0.39, 0.29) is 31.1 Å². The number of rotatable bonds is 4. The lowest BCUT2D eigenvalue weighted by molar-refractivity contribution is -0.147. The van der Waals surface area contributed by atoms with Crippen molar-refractivity contribution in [3.05, 3.63) is 52.5 Å². The number of amides is 1. The standard InChI is InChI=1S/C18H18F3N5O2/c19-18(20,21)16-23-10-12-9-11(5-7-25(12)16)15(27)22-6-8-26-14-4-2-1-3-13(14)24-17(26)28/h1-4,10-11H,5-9H2,(H,22,27)(H,24,28)/t11-/m1/s1. The smallest absolute Gasteiger partial charge is 0.354 e. The topological polar surface area (TPSA) is 84.7 Å². The number of halogens is 3. The van der Waals surface area contributed by atoms with Gasteiger partial charge in [0, 0.05) is 43.9 Å². The molecule has 1 aliphatic rings. The molecule has 1 aromatic carbocycles. The van der Waals surface area contributed by atoms with Gasteiger partial charge in [-0.3, -0.25) is 9.36 Å². The number of fused-ring (bicyclic) bond motifs is 2. The largest absolute Gasteiger partial charge is 0.449 e. The molecule has 4 rings (SSSR count). The van der Waals surface area contributed by atoms with Crippen molar-refractivity contribution in [2.45, 2.75) is 32.1 Å². The van der Waals surface area contributed by atoms with Crippen LogP contribution in [0.2, 0.25) is 0 Å². The Balaban J connectivity index is 1.38. The maximum Gasteiger partial charge on any atom is 0.449 e. The average Bonchev–Trinajstić information content (AvgIpc) is 3.22. The van der Waals surface area contributed by atoms with Gasteiger partial charge >= 0.3 is 11.9 Å². The highest BCUT2D eigenvalue weighted by Gasteiger charge is 2.39. The van der Waals surface area contributed by atoms with E-state index in [0.29, 0.717) is 18.7 Å². The van der Waals surface area contributed by atoms with Crippen molar-refractivity contribution < 1.29 is 18.0 Å². The molecular formula is C18H18F3N5O2. The first-order valence-electron chi connectivity index (χ1n) is 8.91. The number of carbonyl (C=O) groups is 1. The second-order valence-electron chi connectivity index (χ2n) is 6.80. The van der Waals surface area contributed by atoms with E-state index in [1.54, 1.807) is 10.6 Å². The summed E-state index contributed by atoms with van der Waals surface area (Å²) < 4.78 is 41.4. The fraction of sp³-hybridized carbons (Fsp3) is 0.389. The molecule has 0 saturated heterocycles. The minimum Gasteiger partial charge on any atom is -0.354 e. The zero-order valence-electron chi connectivity index (χ0n) is 14.8. The summed E-state index contributed by atoms with van der Waals surface area (Å²) in [5, 5.41) is 2.79. The first kappa shape index (κ1) is 18.3. The van der Waals surface area contributed by atoms with Gasteiger partial charge in [-0.1, -0.05) is 12.1 Å². The number of aromatic nitrogens is 4. The number of carbonyl (C=O) groups excluding carboxylic acids is 1. The number of para-hydroxylation sites is 2. The van der Waals surface area contributed by atoms with E-state index >= 15 is 0 Å². The predicted octanol–water partition coefficient (Wildman–Crippen LogP) is 1.92. The molecule has 148 valence electrons. The van der Waals surface area contributed by atoms with E-state index in [4.69, 9.17) is 0 Å². The Kier molecular flexibility index (Phi) is 4.48. The second-order valence-corrected chi connectivity index (χ2v) is 6.80. The molecule has 0 bridgehead atoms. The molecule has 7 nitrogen and oxygen atoms in total. The normalized spacial score (nSPS) is 16.9. The molecule has 3 heterocycles. The van der Waals surface area contributed by atoms with Crippen LogP contribution in [0.25, 0.3) is 11.0 Å². The minimum atomic E-state index is -4.50. The molecule has 0 spiro atoms. The van der Waals surface area contributed by atoms with Gasteiger partial charge in [-0.2, -0.15) is 13.2 Å². The van der Waals surface area contributed by atoms with Gasteiger partial charge in [0.1, 0.15) is 0 Å². The highest BCUT2D eigenvalue weighted by molar-refractivity contribution is 5.79. The third kappa shape index (κ3) is 3.30. The lowest BCUT2D eigenvalue weighted by atomic mass is 9.95. The molecule has 1 atom stereocenters. The highest BCUT2D eigenvalue weighted by atomic mass is 19.4. The molecule has 0 saturated carbocycles. The average molecular weight is 393 g/mol. The molecule has 0 radical (unpaired) electrons. The number of H-pyrrole nitrogens is 1. The molecule has 2 aromatic heterocycles. The molecular weight excluding hydrogens is 375 g/mol. The van der Waals surface area contributed by atoms with Gasteiger partial charge in [-0.05, 0) is 18.6 Å². The third-order valence-electron chi connectivity index (χ3n) is 5.04. The maximum atomic E-state index is 12.9. The van der Waals surface area contributed by atoms with Gasteiger partial charge in [0.2, 0.25) is 11.7 Å². The Hall–Kier alpha value is -3.04. The van der Waals surface area contributed by atoms with Crippen LogP contribution in [0, 0.1) is 5.92 Å². The lowest BCUT2D eigenvalue weighted by Gasteiger charge is -2.24. The van der Waals surface area contributed by atoms with Crippen LogP contribution in [-0.2, 0) is 30.5 Å². The molecule has 0 fully saturated rings. The lowest BCUT2D eigenvalue weighted by Crippen LogP contribution is -2.38. The Labute approximate surface area is 157 Å². The Morgan fingerprint density at radius 1 is 1.32 bits per heavy atom. The van der Waals surface area contributed by atoms with Gasteiger partial charge in [-0.15, -0.1) is 0 Å². The van der Waals surface area contributed by atoms with Crippen LogP contribution in [0.4, 0.5) is 13.2 Å². The van der Waals surface area contributed by atoms with Gasteiger partial charge in [0.25, 0.3) is 0 Å². The van der Waals surface area contributed by atoms with Gasteiger partial charge in [0.15, 0.2) is 0 Å². The van der Waals surface area contributed by atoms with Crippen LogP contribution < -0.4 is 11.0 Å². The van der Waals surface area contributed by atoms with E-state index in [1.165, 1.54) is 6.20 Å². The van der Waals surface area contributed by atoms with Crippen molar-refractivity contribution in [3.63, 3.8) is 0 Å². The number of nitrogens with one attached hydrogen (secondary N) is 2. The molecule has 3 aromatic rings. The van der Waals surface area contributed by atoms with Crippen molar-refractivity contribution in [2.75, 3.05) is 6.54 Å². The zero-order valence-corrected chi connectivity index (χ0v) is 14.8. The number of benzene rings is 1. The molecule has 0 unspecified atom stereocenters. The van der Waals surface area contributed by atoms with Crippen molar-refractivity contribution in [3.8, 4) is 0 Å². The van der Waals surface area contributed by atoms with Crippen LogP contribution in [0.1, 0.15) is 17.9 Å². The molecule has 1 aliphatic heterocycles. The second kappa shape index (κ2) is 6.84. The number of hydrogen-bond donors (Lipinski definition) is 2. The highest BCUT2D eigenvalue weighted by Crippen LogP contribution is 2.32. The Bertz CT molecular complexity index is 1080. The summed E-state index contributed by atoms with van der Waals surface area (Å²) in [6.07, 6.45) is -2.79. The number of alkyl halides is 3. The Morgan fingerprint density at radius 2 is 2.11 bits per heavy atom. The quantitative estimate of drug-likeness (QED) is 0.710. The number of hydrogen-bond acceptors (Lipinski definition) is 3. The van der Waals surface area contributed by atoms with E-state index in [9.17, 15) is 22.8 Å². The van der Waals surface area contributed by atoms with Gasteiger partial charge in [0.05, 0.1) is 11.0 Å². The van der Waals surface area contributed by atoms with Crippen molar-refractivity contribution in [1.29, 1.82) is 0 Å². The van der Waals surface area contributed by atoms with E-state index < -0.39 is 17.9 Å². The molecule has 1 amide bonds. The maximum absolute atomic E-state index is 12.9. The van der Waals surface area contributed by atoms with E-state index in [0.717, 1.165) is 15.6 Å². The SMILES string of the molecule is O=C(NCCn1c(=O)[nH]c2ccccc21)[C@@H]1CCn2c(cnc2C(F)(F)F)C1. The monoisotopic (exact) mass is 393 g/mol. The summed E-state index contributed by atoms with van der Waals surface area (Å²) in [6.45, 7) is 0.659. The van der Waals surface area contributed by atoms with Gasteiger partial charge in [-0.25, -0.2) is 9.78 Å². The van der Waals surface area contributed by atoms with Crippen LogP contribution in [-0.4, -0.2) is 31.6 Å². The van der Waals surface area contributed by atoms with Crippen molar-refractivity contribution in [1.82, 2.24) is 24.4 Å². The summed E-state index contributed by atoms with van der Waals surface area (Å²) in [5.41, 5.74) is 1.63. The summed E-state index contributed by atoms with van der Waals surface area (Å²) >= 11 is 0.